The van der Waals surface area contributed by atoms with Crippen LogP contribution in [-0.4, -0.2) is 30.1 Å². The summed E-state index contributed by atoms with van der Waals surface area (Å²) in [5.74, 6) is -0.0194. The number of aromatic nitrogens is 1. The number of hydrogen-bond acceptors (Lipinski definition) is 4. The number of hydrogen-bond donors (Lipinski definition) is 0. The molecule has 2 heterocycles. The number of ether oxygens (including phenoxy) is 1. The molecule has 0 N–H and O–H groups in total. The second kappa shape index (κ2) is 7.58. The molecule has 5 rings (SSSR count). The summed E-state index contributed by atoms with van der Waals surface area (Å²) >= 11 is 1.57. The number of amides is 1. The van der Waals surface area contributed by atoms with E-state index in [-0.39, 0.29) is 12.0 Å². The van der Waals surface area contributed by atoms with Gasteiger partial charge in [0.15, 0.2) is 5.13 Å². The van der Waals surface area contributed by atoms with Gasteiger partial charge < -0.3 is 4.74 Å². The Morgan fingerprint density at radius 3 is 2.79 bits per heavy atom. The van der Waals surface area contributed by atoms with Crippen molar-refractivity contribution in [3.63, 3.8) is 0 Å². The molecule has 1 aliphatic rings. The molecule has 29 heavy (non-hydrogen) atoms. The minimum atomic E-state index is -0.0194. The molecule has 1 saturated heterocycles. The zero-order valence-electron chi connectivity index (χ0n) is 16.3. The van der Waals surface area contributed by atoms with Crippen molar-refractivity contribution in [1.82, 2.24) is 4.98 Å². The van der Waals surface area contributed by atoms with Gasteiger partial charge in [-0.15, -0.1) is 0 Å². The quantitative estimate of drug-likeness (QED) is 0.447. The molecule has 0 saturated carbocycles. The van der Waals surface area contributed by atoms with Crippen LogP contribution in [0.1, 0.15) is 28.8 Å². The topological polar surface area (TPSA) is 42.4 Å². The van der Waals surface area contributed by atoms with E-state index < -0.39 is 0 Å². The van der Waals surface area contributed by atoms with Crippen LogP contribution in [0.4, 0.5) is 5.13 Å². The van der Waals surface area contributed by atoms with Gasteiger partial charge in [-0.1, -0.05) is 59.9 Å². The van der Waals surface area contributed by atoms with Crippen LogP contribution >= 0.6 is 11.3 Å². The molecule has 1 fully saturated rings. The number of para-hydroxylation sites is 1. The Morgan fingerprint density at radius 2 is 1.97 bits per heavy atom. The highest BCUT2D eigenvalue weighted by Gasteiger charge is 2.28. The third kappa shape index (κ3) is 3.41. The van der Waals surface area contributed by atoms with Gasteiger partial charge in [0.25, 0.3) is 5.91 Å². The molecular weight excluding hydrogens is 380 g/mol. The molecule has 1 amide bonds. The number of fused-ring (bicyclic) bond motifs is 2. The van der Waals surface area contributed by atoms with Gasteiger partial charge in [-0.2, -0.15) is 0 Å². The lowest BCUT2D eigenvalue weighted by Gasteiger charge is -2.23. The zero-order chi connectivity index (χ0) is 19.8. The van der Waals surface area contributed by atoms with Gasteiger partial charge in [0.2, 0.25) is 0 Å². The van der Waals surface area contributed by atoms with E-state index in [1.807, 2.05) is 53.4 Å². The summed E-state index contributed by atoms with van der Waals surface area (Å²) in [6.07, 6.45) is 2.07. The van der Waals surface area contributed by atoms with E-state index in [0.29, 0.717) is 12.1 Å². The number of thiazole rings is 1. The highest BCUT2D eigenvalue weighted by Crippen LogP contribution is 2.33. The summed E-state index contributed by atoms with van der Waals surface area (Å²) in [5.41, 5.74) is 2.80. The fourth-order valence-electron chi connectivity index (χ4n) is 3.99. The maximum atomic E-state index is 13.7. The highest BCUT2D eigenvalue weighted by atomic mass is 32.1. The lowest BCUT2D eigenvalue weighted by atomic mass is 10.0. The van der Waals surface area contributed by atoms with Crippen molar-refractivity contribution < 1.29 is 9.53 Å². The van der Waals surface area contributed by atoms with Crippen LogP contribution in [0.5, 0.6) is 0 Å². The Bertz CT molecular complexity index is 1190. The lowest BCUT2D eigenvalue weighted by Crippen LogP contribution is -2.37. The van der Waals surface area contributed by atoms with E-state index in [1.165, 1.54) is 0 Å². The standard InChI is InChI=1S/C24H22N2O2S/c1-16-7-4-13-21-22(16)25-24(29-21)26(15-18-10-6-14-28-18)23(27)20-12-5-9-17-8-2-3-11-19(17)20/h2-5,7-9,11-13,18H,6,10,14-15H2,1H3. The van der Waals surface area contributed by atoms with E-state index in [1.54, 1.807) is 11.3 Å². The smallest absolute Gasteiger partial charge is 0.260 e. The van der Waals surface area contributed by atoms with E-state index in [9.17, 15) is 4.79 Å². The molecule has 1 aromatic heterocycles. The molecule has 0 spiro atoms. The van der Waals surface area contributed by atoms with Crippen molar-refractivity contribution >= 4 is 43.4 Å². The van der Waals surface area contributed by atoms with Crippen molar-refractivity contribution in [2.75, 3.05) is 18.1 Å². The van der Waals surface area contributed by atoms with Gasteiger partial charge in [-0.3, -0.25) is 9.69 Å². The molecule has 3 aromatic carbocycles. The average molecular weight is 403 g/mol. The maximum absolute atomic E-state index is 13.7. The summed E-state index contributed by atoms with van der Waals surface area (Å²) in [6.45, 7) is 3.35. The van der Waals surface area contributed by atoms with Gasteiger partial charge in [0, 0.05) is 12.2 Å². The zero-order valence-corrected chi connectivity index (χ0v) is 17.1. The summed E-state index contributed by atoms with van der Waals surface area (Å²) < 4.78 is 6.96. The number of aryl methyl sites for hydroxylation is 1. The van der Waals surface area contributed by atoms with Crippen molar-refractivity contribution in [1.29, 1.82) is 0 Å². The number of carbonyl (C=O) groups is 1. The van der Waals surface area contributed by atoms with Crippen LogP contribution in [0.2, 0.25) is 0 Å². The fourth-order valence-corrected chi connectivity index (χ4v) is 5.04. The predicted octanol–water partition coefficient (Wildman–Crippen LogP) is 5.58. The maximum Gasteiger partial charge on any atom is 0.260 e. The summed E-state index contributed by atoms with van der Waals surface area (Å²) in [4.78, 5) is 20.4. The molecular formula is C24H22N2O2S. The van der Waals surface area contributed by atoms with E-state index in [4.69, 9.17) is 9.72 Å². The second-order valence-electron chi connectivity index (χ2n) is 7.50. The van der Waals surface area contributed by atoms with Crippen molar-refractivity contribution in [3.05, 3.63) is 71.8 Å². The number of anilines is 1. The normalized spacial score (nSPS) is 16.5. The number of nitrogens with zero attached hydrogens (tertiary/aromatic N) is 2. The van der Waals surface area contributed by atoms with Gasteiger partial charge >= 0.3 is 0 Å². The Balaban J connectivity index is 1.60. The van der Waals surface area contributed by atoms with Crippen molar-refractivity contribution in [2.45, 2.75) is 25.9 Å². The molecule has 1 aliphatic heterocycles. The van der Waals surface area contributed by atoms with Crippen molar-refractivity contribution in [2.24, 2.45) is 0 Å². The molecule has 0 bridgehead atoms. The molecule has 146 valence electrons. The SMILES string of the molecule is Cc1cccc2sc(N(CC3CCCO3)C(=O)c3cccc4ccccc34)nc12. The fraction of sp³-hybridized carbons (Fsp3) is 0.250. The second-order valence-corrected chi connectivity index (χ2v) is 8.50. The Morgan fingerprint density at radius 1 is 1.14 bits per heavy atom. The monoisotopic (exact) mass is 402 g/mol. The van der Waals surface area contributed by atoms with Crippen LogP contribution in [0, 0.1) is 6.92 Å². The van der Waals surface area contributed by atoms with Crippen LogP contribution in [-0.2, 0) is 4.74 Å². The summed E-state index contributed by atoms with van der Waals surface area (Å²) in [7, 11) is 0. The lowest BCUT2D eigenvalue weighted by molar-refractivity contribution is 0.0919. The number of carbonyl (C=O) groups excluding carboxylic acids is 1. The summed E-state index contributed by atoms with van der Waals surface area (Å²) in [6, 6.07) is 20.1. The van der Waals surface area contributed by atoms with Crippen LogP contribution in [0.3, 0.4) is 0 Å². The van der Waals surface area contributed by atoms with Gasteiger partial charge in [0.05, 0.1) is 22.9 Å². The van der Waals surface area contributed by atoms with Crippen LogP contribution in [0.25, 0.3) is 21.0 Å². The Hall–Kier alpha value is -2.76. The van der Waals surface area contributed by atoms with Crippen molar-refractivity contribution in [3.8, 4) is 0 Å². The minimum absolute atomic E-state index is 0.0194. The third-order valence-corrected chi connectivity index (χ3v) is 6.56. The molecule has 0 radical (unpaired) electrons. The van der Waals surface area contributed by atoms with Gasteiger partial charge in [-0.25, -0.2) is 4.98 Å². The first-order valence-corrected chi connectivity index (χ1v) is 10.8. The van der Waals surface area contributed by atoms with E-state index in [0.717, 1.165) is 51.1 Å². The average Bonchev–Trinajstić information content (AvgIpc) is 3.41. The third-order valence-electron chi connectivity index (χ3n) is 5.52. The number of benzene rings is 3. The van der Waals surface area contributed by atoms with Gasteiger partial charge in [-0.05, 0) is 48.2 Å². The molecule has 1 atom stereocenters. The largest absolute Gasteiger partial charge is 0.376 e. The Kier molecular flexibility index (Phi) is 4.78. The Labute approximate surface area is 173 Å². The van der Waals surface area contributed by atoms with Crippen LogP contribution < -0.4 is 4.90 Å². The minimum Gasteiger partial charge on any atom is -0.376 e. The first-order valence-electron chi connectivity index (χ1n) is 9.98. The molecule has 1 unspecified atom stereocenters. The molecule has 4 nitrogen and oxygen atoms in total. The number of rotatable bonds is 4. The van der Waals surface area contributed by atoms with E-state index >= 15 is 0 Å². The first kappa shape index (κ1) is 18.3. The molecule has 4 aromatic rings. The first-order chi connectivity index (χ1) is 14.2. The molecule has 0 aliphatic carbocycles. The van der Waals surface area contributed by atoms with Gasteiger partial charge in [0.1, 0.15) is 0 Å². The summed E-state index contributed by atoms with van der Waals surface area (Å²) in [5, 5.41) is 2.77. The van der Waals surface area contributed by atoms with E-state index in [2.05, 4.69) is 19.1 Å². The van der Waals surface area contributed by atoms with Crippen LogP contribution in [0.15, 0.2) is 60.7 Å². The molecule has 5 heteroatoms. The highest BCUT2D eigenvalue weighted by molar-refractivity contribution is 7.22. The predicted molar refractivity (Wildman–Crippen MR) is 119 cm³/mol.